The van der Waals surface area contributed by atoms with Gasteiger partial charge in [-0.15, -0.1) is 11.3 Å². The fraction of sp³-hybridized carbons (Fsp3) is 0.600. The molecule has 5 heteroatoms. The normalized spacial score (nSPS) is 12.9. The SMILES string of the molecule is Cc1ncc(CNC(=O)C(Br)C(C)C)s1. The number of aryl methyl sites for hydroxylation is 1. The third kappa shape index (κ3) is 3.91. The Morgan fingerprint density at radius 2 is 2.33 bits per heavy atom. The van der Waals surface area contributed by atoms with Crippen molar-refractivity contribution in [1.82, 2.24) is 10.3 Å². The maximum atomic E-state index is 11.6. The highest BCUT2D eigenvalue weighted by Crippen LogP contribution is 2.14. The molecule has 0 fully saturated rings. The second-order valence-electron chi connectivity index (χ2n) is 3.71. The van der Waals surface area contributed by atoms with Gasteiger partial charge in [-0.05, 0) is 12.8 Å². The largest absolute Gasteiger partial charge is 0.350 e. The van der Waals surface area contributed by atoms with Crippen molar-refractivity contribution < 1.29 is 4.79 Å². The first-order valence-electron chi connectivity index (χ1n) is 4.83. The summed E-state index contributed by atoms with van der Waals surface area (Å²) in [5.41, 5.74) is 0. The van der Waals surface area contributed by atoms with Crippen LogP contribution in [0.15, 0.2) is 6.20 Å². The van der Waals surface area contributed by atoms with E-state index in [0.717, 1.165) is 9.88 Å². The molecule has 84 valence electrons. The number of alkyl halides is 1. The molecular formula is C10H15BrN2OS. The number of carbonyl (C=O) groups is 1. The predicted octanol–water partition coefficient (Wildman–Crippen LogP) is 2.49. The first kappa shape index (κ1) is 12.6. The monoisotopic (exact) mass is 290 g/mol. The third-order valence-electron chi connectivity index (χ3n) is 1.94. The summed E-state index contributed by atoms with van der Waals surface area (Å²) < 4.78 is 0. The number of nitrogens with one attached hydrogen (secondary N) is 1. The number of amides is 1. The minimum absolute atomic E-state index is 0.0380. The van der Waals surface area contributed by atoms with Crippen molar-refractivity contribution in [2.75, 3.05) is 0 Å². The molecule has 1 aromatic rings. The Bertz CT molecular complexity index is 338. The molecule has 1 unspecified atom stereocenters. The van der Waals surface area contributed by atoms with Crippen molar-refractivity contribution >= 4 is 33.2 Å². The summed E-state index contributed by atoms with van der Waals surface area (Å²) in [5.74, 6) is 0.337. The average molecular weight is 291 g/mol. The van der Waals surface area contributed by atoms with Crippen LogP contribution in [-0.4, -0.2) is 15.7 Å². The number of carbonyl (C=O) groups excluding carboxylic acids is 1. The van der Waals surface area contributed by atoms with Crippen molar-refractivity contribution in [2.45, 2.75) is 32.1 Å². The number of rotatable bonds is 4. The lowest BCUT2D eigenvalue weighted by Crippen LogP contribution is -2.33. The molecule has 1 atom stereocenters. The van der Waals surface area contributed by atoms with E-state index < -0.39 is 0 Å². The molecule has 15 heavy (non-hydrogen) atoms. The van der Waals surface area contributed by atoms with Gasteiger partial charge in [-0.25, -0.2) is 4.98 Å². The molecule has 1 rings (SSSR count). The summed E-state index contributed by atoms with van der Waals surface area (Å²) in [6.07, 6.45) is 1.80. The number of thiazole rings is 1. The molecule has 0 aliphatic rings. The Morgan fingerprint density at radius 1 is 1.67 bits per heavy atom. The quantitative estimate of drug-likeness (QED) is 0.866. The number of aromatic nitrogens is 1. The highest BCUT2D eigenvalue weighted by Gasteiger charge is 2.18. The van der Waals surface area contributed by atoms with Crippen LogP contribution in [0.2, 0.25) is 0 Å². The van der Waals surface area contributed by atoms with E-state index in [1.165, 1.54) is 0 Å². The molecule has 1 amide bonds. The standard InChI is InChI=1S/C10H15BrN2OS/c1-6(2)9(11)10(14)13-5-8-4-12-7(3)15-8/h4,6,9H,5H2,1-3H3,(H,13,14). The number of hydrogen-bond donors (Lipinski definition) is 1. The van der Waals surface area contributed by atoms with Gasteiger partial charge in [0, 0.05) is 11.1 Å². The van der Waals surface area contributed by atoms with E-state index in [1.54, 1.807) is 17.5 Å². The van der Waals surface area contributed by atoms with Crippen molar-refractivity contribution in [1.29, 1.82) is 0 Å². The number of halogens is 1. The van der Waals surface area contributed by atoms with E-state index in [4.69, 9.17) is 0 Å². The summed E-state index contributed by atoms with van der Waals surface area (Å²) >= 11 is 4.97. The van der Waals surface area contributed by atoms with Gasteiger partial charge in [0.1, 0.15) is 0 Å². The van der Waals surface area contributed by atoms with E-state index in [2.05, 4.69) is 26.2 Å². The number of hydrogen-bond acceptors (Lipinski definition) is 3. The van der Waals surface area contributed by atoms with Crippen LogP contribution in [0.5, 0.6) is 0 Å². The van der Waals surface area contributed by atoms with Crippen molar-refractivity contribution in [3.05, 3.63) is 16.1 Å². The highest BCUT2D eigenvalue weighted by molar-refractivity contribution is 9.10. The predicted molar refractivity (Wildman–Crippen MR) is 66.3 cm³/mol. The lowest BCUT2D eigenvalue weighted by Gasteiger charge is -2.12. The van der Waals surface area contributed by atoms with Gasteiger partial charge in [0.2, 0.25) is 5.91 Å². The van der Waals surface area contributed by atoms with Crippen molar-refractivity contribution in [3.8, 4) is 0 Å². The van der Waals surface area contributed by atoms with Crippen LogP contribution in [0.25, 0.3) is 0 Å². The van der Waals surface area contributed by atoms with Gasteiger partial charge < -0.3 is 5.32 Å². The summed E-state index contributed by atoms with van der Waals surface area (Å²) in [4.78, 5) is 16.7. The molecule has 0 aromatic carbocycles. The van der Waals surface area contributed by atoms with E-state index >= 15 is 0 Å². The van der Waals surface area contributed by atoms with Gasteiger partial charge in [0.25, 0.3) is 0 Å². The topological polar surface area (TPSA) is 42.0 Å². The molecule has 0 aliphatic heterocycles. The minimum atomic E-state index is -0.119. The van der Waals surface area contributed by atoms with Gasteiger partial charge in [0.05, 0.1) is 16.4 Å². The van der Waals surface area contributed by atoms with Gasteiger partial charge in [-0.1, -0.05) is 29.8 Å². The van der Waals surface area contributed by atoms with Crippen molar-refractivity contribution in [2.24, 2.45) is 5.92 Å². The Kier molecular flexibility index (Phi) is 4.73. The first-order chi connectivity index (χ1) is 7.00. The second-order valence-corrected chi connectivity index (χ2v) is 6.02. The molecule has 1 aromatic heterocycles. The minimum Gasteiger partial charge on any atom is -0.350 e. The summed E-state index contributed by atoms with van der Waals surface area (Å²) in [6.45, 7) is 6.54. The molecule has 0 saturated heterocycles. The van der Waals surface area contributed by atoms with E-state index in [9.17, 15) is 4.79 Å². The third-order valence-corrected chi connectivity index (χ3v) is 4.33. The molecule has 0 saturated carbocycles. The molecule has 0 bridgehead atoms. The maximum Gasteiger partial charge on any atom is 0.234 e. The fourth-order valence-electron chi connectivity index (χ4n) is 1.06. The second kappa shape index (κ2) is 5.61. The van der Waals surface area contributed by atoms with E-state index in [0.29, 0.717) is 12.5 Å². The van der Waals surface area contributed by atoms with Crippen LogP contribution >= 0.6 is 27.3 Å². The van der Waals surface area contributed by atoms with Crippen molar-refractivity contribution in [3.63, 3.8) is 0 Å². The number of nitrogens with zero attached hydrogens (tertiary/aromatic N) is 1. The lowest BCUT2D eigenvalue weighted by atomic mass is 10.1. The van der Waals surface area contributed by atoms with Crippen LogP contribution in [0.3, 0.4) is 0 Å². The van der Waals surface area contributed by atoms with Gasteiger partial charge >= 0.3 is 0 Å². The zero-order chi connectivity index (χ0) is 11.4. The molecule has 1 N–H and O–H groups in total. The highest BCUT2D eigenvalue weighted by atomic mass is 79.9. The molecule has 0 spiro atoms. The fourth-order valence-corrected chi connectivity index (χ4v) is 1.96. The van der Waals surface area contributed by atoms with E-state index in [1.807, 2.05) is 20.8 Å². The Hall–Kier alpha value is -0.420. The zero-order valence-corrected chi connectivity index (χ0v) is 11.5. The van der Waals surface area contributed by atoms with Gasteiger partial charge in [0.15, 0.2) is 0 Å². The van der Waals surface area contributed by atoms with Crippen LogP contribution in [0.1, 0.15) is 23.7 Å². The smallest absolute Gasteiger partial charge is 0.234 e. The van der Waals surface area contributed by atoms with E-state index in [-0.39, 0.29) is 10.7 Å². The molecule has 3 nitrogen and oxygen atoms in total. The van der Waals surface area contributed by atoms with Gasteiger partial charge in [-0.3, -0.25) is 4.79 Å². The van der Waals surface area contributed by atoms with Crippen LogP contribution < -0.4 is 5.32 Å². The first-order valence-corrected chi connectivity index (χ1v) is 6.57. The lowest BCUT2D eigenvalue weighted by molar-refractivity contribution is -0.121. The molecule has 0 radical (unpaired) electrons. The summed E-state index contributed by atoms with van der Waals surface area (Å²) in [6, 6.07) is 0. The Labute approximate surface area is 102 Å². The zero-order valence-electron chi connectivity index (χ0n) is 9.08. The van der Waals surface area contributed by atoms with Crippen LogP contribution in [0.4, 0.5) is 0 Å². The van der Waals surface area contributed by atoms with Crippen LogP contribution in [0, 0.1) is 12.8 Å². The molecular weight excluding hydrogens is 276 g/mol. The van der Waals surface area contributed by atoms with Crippen LogP contribution in [-0.2, 0) is 11.3 Å². The Balaban J connectivity index is 2.40. The van der Waals surface area contributed by atoms with Gasteiger partial charge in [-0.2, -0.15) is 0 Å². The maximum absolute atomic E-state index is 11.6. The summed E-state index contributed by atoms with van der Waals surface area (Å²) in [5, 5.41) is 3.90. The summed E-state index contributed by atoms with van der Waals surface area (Å²) in [7, 11) is 0. The molecule has 1 heterocycles. The average Bonchev–Trinajstić information content (AvgIpc) is 2.59. The Morgan fingerprint density at radius 3 is 2.80 bits per heavy atom. The molecule has 0 aliphatic carbocycles.